The van der Waals surface area contributed by atoms with Crippen LogP contribution in [0.15, 0.2) is 42.6 Å². The van der Waals surface area contributed by atoms with E-state index in [0.29, 0.717) is 16.6 Å². The van der Waals surface area contributed by atoms with Crippen molar-refractivity contribution in [2.45, 2.75) is 19.8 Å². The summed E-state index contributed by atoms with van der Waals surface area (Å²) in [6, 6.07) is 11.0. The molecule has 2 aromatic rings. The van der Waals surface area contributed by atoms with Crippen LogP contribution in [0.3, 0.4) is 0 Å². The first-order chi connectivity index (χ1) is 9.06. The normalized spacial score (nSPS) is 10.5. The van der Waals surface area contributed by atoms with E-state index in [2.05, 4.69) is 24.1 Å². The number of nitrogens with one attached hydrogen (secondary N) is 1. The van der Waals surface area contributed by atoms with E-state index in [-0.39, 0.29) is 5.91 Å². The van der Waals surface area contributed by atoms with Gasteiger partial charge in [-0.25, -0.2) is 0 Å². The summed E-state index contributed by atoms with van der Waals surface area (Å²) >= 11 is 5.84. The highest BCUT2D eigenvalue weighted by Gasteiger charge is 2.08. The summed E-state index contributed by atoms with van der Waals surface area (Å²) in [4.78, 5) is 16.0. The van der Waals surface area contributed by atoms with E-state index in [1.54, 1.807) is 12.1 Å². The molecule has 0 atom stereocenters. The molecule has 0 spiro atoms. The van der Waals surface area contributed by atoms with Crippen LogP contribution in [0.1, 0.15) is 35.8 Å². The van der Waals surface area contributed by atoms with Gasteiger partial charge in [0.15, 0.2) is 0 Å². The van der Waals surface area contributed by atoms with Crippen molar-refractivity contribution in [3.63, 3.8) is 0 Å². The average Bonchev–Trinajstić information content (AvgIpc) is 2.39. The Morgan fingerprint density at radius 2 is 2.05 bits per heavy atom. The fourth-order valence-corrected chi connectivity index (χ4v) is 1.86. The molecule has 0 aliphatic rings. The number of anilines is 1. The number of amides is 1. The van der Waals surface area contributed by atoms with Crippen LogP contribution in [-0.4, -0.2) is 10.9 Å². The zero-order valence-corrected chi connectivity index (χ0v) is 11.6. The van der Waals surface area contributed by atoms with E-state index in [0.717, 1.165) is 5.69 Å². The summed E-state index contributed by atoms with van der Waals surface area (Å²) < 4.78 is 0. The second kappa shape index (κ2) is 5.85. The summed E-state index contributed by atoms with van der Waals surface area (Å²) in [5.74, 6) is 0.157. The Balaban J connectivity index is 2.17. The monoisotopic (exact) mass is 274 g/mol. The first kappa shape index (κ1) is 13.6. The molecule has 3 nitrogen and oxygen atoms in total. The Hall–Kier alpha value is -1.87. The number of benzene rings is 1. The van der Waals surface area contributed by atoms with Gasteiger partial charge in [-0.15, -0.1) is 0 Å². The fraction of sp³-hybridized carbons (Fsp3) is 0.200. The Bertz CT molecular complexity index is 596. The Morgan fingerprint density at radius 3 is 2.74 bits per heavy atom. The molecule has 0 aliphatic carbocycles. The van der Waals surface area contributed by atoms with Crippen molar-refractivity contribution in [1.82, 2.24) is 4.98 Å². The van der Waals surface area contributed by atoms with E-state index < -0.39 is 0 Å². The standard InChI is InChI=1S/C15H15ClN2O/c1-10(2)11-4-3-5-13(8-11)18-15(19)14-9-12(16)6-7-17-14/h3-10H,1-2H3,(H,18,19). The molecule has 1 aromatic carbocycles. The number of pyridine rings is 1. The third kappa shape index (κ3) is 3.55. The minimum atomic E-state index is -0.261. The van der Waals surface area contributed by atoms with Crippen molar-refractivity contribution < 1.29 is 4.79 Å². The quantitative estimate of drug-likeness (QED) is 0.915. The summed E-state index contributed by atoms with van der Waals surface area (Å²) in [6.07, 6.45) is 1.52. The van der Waals surface area contributed by atoms with Gasteiger partial charge >= 0.3 is 0 Å². The molecule has 0 unspecified atom stereocenters. The number of hydrogen-bond donors (Lipinski definition) is 1. The van der Waals surface area contributed by atoms with Gasteiger partial charge in [-0.2, -0.15) is 0 Å². The summed E-state index contributed by atoms with van der Waals surface area (Å²) in [5, 5.41) is 3.32. The molecule has 4 heteroatoms. The molecule has 1 amide bonds. The topological polar surface area (TPSA) is 42.0 Å². The third-order valence-corrected chi connectivity index (χ3v) is 3.00. The number of halogens is 1. The van der Waals surface area contributed by atoms with Crippen LogP contribution in [0.25, 0.3) is 0 Å². The Kier molecular flexibility index (Phi) is 4.17. The zero-order valence-electron chi connectivity index (χ0n) is 10.9. The number of hydrogen-bond acceptors (Lipinski definition) is 2. The van der Waals surface area contributed by atoms with E-state index >= 15 is 0 Å². The molecule has 98 valence electrons. The van der Waals surface area contributed by atoms with E-state index in [4.69, 9.17) is 11.6 Å². The molecule has 0 bridgehead atoms. The van der Waals surface area contributed by atoms with Gasteiger partial charge in [0.1, 0.15) is 5.69 Å². The predicted octanol–water partition coefficient (Wildman–Crippen LogP) is 4.11. The number of rotatable bonds is 3. The molecule has 1 N–H and O–H groups in total. The second-order valence-electron chi connectivity index (χ2n) is 4.59. The molecular formula is C15H15ClN2O. The first-order valence-corrected chi connectivity index (χ1v) is 6.47. The molecule has 1 heterocycles. The van der Waals surface area contributed by atoms with Crippen LogP contribution in [0.4, 0.5) is 5.69 Å². The van der Waals surface area contributed by atoms with Crippen molar-refractivity contribution in [3.05, 3.63) is 58.9 Å². The zero-order chi connectivity index (χ0) is 13.8. The van der Waals surface area contributed by atoms with Gasteiger partial charge in [0.25, 0.3) is 5.91 Å². The maximum absolute atomic E-state index is 12.0. The van der Waals surface area contributed by atoms with Gasteiger partial charge < -0.3 is 5.32 Å². The molecule has 0 radical (unpaired) electrons. The van der Waals surface area contributed by atoms with Crippen LogP contribution in [0.2, 0.25) is 5.02 Å². The number of aromatic nitrogens is 1. The molecule has 19 heavy (non-hydrogen) atoms. The van der Waals surface area contributed by atoms with Gasteiger partial charge in [-0.05, 0) is 35.7 Å². The Labute approximate surface area is 117 Å². The molecule has 0 fully saturated rings. The lowest BCUT2D eigenvalue weighted by Crippen LogP contribution is -2.13. The minimum absolute atomic E-state index is 0.261. The van der Waals surface area contributed by atoms with Crippen molar-refractivity contribution in [1.29, 1.82) is 0 Å². The predicted molar refractivity (Wildman–Crippen MR) is 77.7 cm³/mol. The number of carbonyl (C=O) groups is 1. The van der Waals surface area contributed by atoms with Gasteiger partial charge in [0, 0.05) is 16.9 Å². The van der Waals surface area contributed by atoms with Gasteiger partial charge in [-0.3, -0.25) is 9.78 Å². The summed E-state index contributed by atoms with van der Waals surface area (Å²) in [7, 11) is 0. The lowest BCUT2D eigenvalue weighted by atomic mass is 10.0. The highest BCUT2D eigenvalue weighted by molar-refractivity contribution is 6.30. The summed E-state index contributed by atoms with van der Waals surface area (Å²) in [6.45, 7) is 4.22. The Morgan fingerprint density at radius 1 is 1.26 bits per heavy atom. The first-order valence-electron chi connectivity index (χ1n) is 6.09. The van der Waals surface area contributed by atoms with Crippen molar-refractivity contribution in [2.75, 3.05) is 5.32 Å². The van der Waals surface area contributed by atoms with E-state index in [1.807, 2.05) is 24.3 Å². The summed E-state index contributed by atoms with van der Waals surface area (Å²) in [5.41, 5.74) is 2.25. The maximum Gasteiger partial charge on any atom is 0.274 e. The number of nitrogens with zero attached hydrogens (tertiary/aromatic N) is 1. The molecule has 1 aromatic heterocycles. The van der Waals surface area contributed by atoms with Gasteiger partial charge in [-0.1, -0.05) is 37.6 Å². The average molecular weight is 275 g/mol. The highest BCUT2D eigenvalue weighted by Crippen LogP contribution is 2.19. The largest absolute Gasteiger partial charge is 0.321 e. The van der Waals surface area contributed by atoms with Crippen molar-refractivity contribution in [2.24, 2.45) is 0 Å². The molecule has 0 aliphatic heterocycles. The van der Waals surface area contributed by atoms with Crippen molar-refractivity contribution in [3.8, 4) is 0 Å². The lowest BCUT2D eigenvalue weighted by Gasteiger charge is -2.09. The number of carbonyl (C=O) groups excluding carboxylic acids is 1. The SMILES string of the molecule is CC(C)c1cccc(NC(=O)c2cc(Cl)ccn2)c1. The molecule has 2 rings (SSSR count). The minimum Gasteiger partial charge on any atom is -0.321 e. The smallest absolute Gasteiger partial charge is 0.274 e. The van der Waals surface area contributed by atoms with Crippen LogP contribution in [0, 0.1) is 0 Å². The molecule has 0 saturated heterocycles. The van der Waals surface area contributed by atoms with E-state index in [1.165, 1.54) is 11.8 Å². The van der Waals surface area contributed by atoms with Crippen molar-refractivity contribution >= 4 is 23.2 Å². The highest BCUT2D eigenvalue weighted by atomic mass is 35.5. The molecular weight excluding hydrogens is 260 g/mol. The van der Waals surface area contributed by atoms with Crippen LogP contribution >= 0.6 is 11.6 Å². The maximum atomic E-state index is 12.0. The van der Waals surface area contributed by atoms with Crippen LogP contribution in [-0.2, 0) is 0 Å². The van der Waals surface area contributed by atoms with Crippen LogP contribution < -0.4 is 5.32 Å². The third-order valence-electron chi connectivity index (χ3n) is 2.77. The van der Waals surface area contributed by atoms with Gasteiger partial charge in [0.2, 0.25) is 0 Å². The second-order valence-corrected chi connectivity index (χ2v) is 5.03. The molecule has 0 saturated carbocycles. The van der Waals surface area contributed by atoms with Gasteiger partial charge in [0.05, 0.1) is 0 Å². The fourth-order valence-electron chi connectivity index (χ4n) is 1.70. The van der Waals surface area contributed by atoms with E-state index in [9.17, 15) is 4.79 Å². The lowest BCUT2D eigenvalue weighted by molar-refractivity contribution is 0.102. The van der Waals surface area contributed by atoms with Crippen LogP contribution in [0.5, 0.6) is 0 Å².